The third-order valence-electron chi connectivity index (χ3n) is 2.68. The first-order valence-electron chi connectivity index (χ1n) is 5.89. The Morgan fingerprint density at radius 1 is 1.43 bits per heavy atom. The van der Waals surface area contributed by atoms with Crippen molar-refractivity contribution in [3.05, 3.63) is 52.4 Å². The molecule has 0 atom stereocenters. The van der Waals surface area contributed by atoms with E-state index in [1.54, 1.807) is 7.05 Å². The lowest BCUT2D eigenvalue weighted by molar-refractivity contribution is 0.102. The summed E-state index contributed by atoms with van der Waals surface area (Å²) in [6, 6.07) is 7.47. The number of aromatic nitrogens is 1. The first-order valence-corrected chi connectivity index (χ1v) is 6.27. The van der Waals surface area contributed by atoms with E-state index in [4.69, 9.17) is 16.9 Å². The molecule has 0 saturated heterocycles. The Morgan fingerprint density at radius 2 is 2.19 bits per heavy atom. The summed E-state index contributed by atoms with van der Waals surface area (Å²) in [5, 5.41) is 14.4. The van der Waals surface area contributed by atoms with Gasteiger partial charge in [0.05, 0.1) is 34.1 Å². The molecule has 106 valence electrons. The molecule has 2 N–H and O–H groups in total. The Morgan fingerprint density at radius 3 is 2.86 bits per heavy atom. The minimum atomic E-state index is -0.629. The summed E-state index contributed by atoms with van der Waals surface area (Å²) in [5.41, 5.74) is 0.656. The minimum absolute atomic E-state index is 0.0379. The molecular weight excluding hydrogens is 295 g/mol. The van der Waals surface area contributed by atoms with Crippen molar-refractivity contribution < 1.29 is 9.18 Å². The van der Waals surface area contributed by atoms with Crippen LogP contribution < -0.4 is 10.6 Å². The Bertz CT molecular complexity index is 742. The van der Waals surface area contributed by atoms with E-state index < -0.39 is 11.7 Å². The molecule has 1 aromatic heterocycles. The lowest BCUT2D eigenvalue weighted by Crippen LogP contribution is -2.15. The van der Waals surface area contributed by atoms with Crippen LogP contribution in [-0.2, 0) is 0 Å². The summed E-state index contributed by atoms with van der Waals surface area (Å²) < 4.78 is 13.2. The first-order chi connectivity index (χ1) is 10.0. The van der Waals surface area contributed by atoms with Crippen LogP contribution in [0, 0.1) is 17.1 Å². The highest BCUT2D eigenvalue weighted by Gasteiger charge is 2.15. The number of amides is 1. The van der Waals surface area contributed by atoms with Crippen LogP contribution in [0.25, 0.3) is 0 Å². The lowest BCUT2D eigenvalue weighted by Gasteiger charge is -2.10. The summed E-state index contributed by atoms with van der Waals surface area (Å²) in [4.78, 5) is 16.0. The Balaban J connectivity index is 2.35. The number of pyridine rings is 1. The van der Waals surface area contributed by atoms with Gasteiger partial charge in [-0.15, -0.1) is 0 Å². The van der Waals surface area contributed by atoms with Crippen LogP contribution in [0.3, 0.4) is 0 Å². The fourth-order valence-electron chi connectivity index (χ4n) is 1.69. The number of rotatable bonds is 3. The van der Waals surface area contributed by atoms with Gasteiger partial charge in [0, 0.05) is 7.05 Å². The van der Waals surface area contributed by atoms with Crippen LogP contribution in [0.2, 0.25) is 5.02 Å². The standard InChI is InChI=1S/C14H10ClFN4O/c1-18-13-10(5-9(16)7-19-13)14(21)20-12-4-8(6-17)2-3-11(12)15/h2-5,7H,1H3,(H,18,19)(H,20,21). The summed E-state index contributed by atoms with van der Waals surface area (Å²) in [7, 11) is 1.57. The number of hydrogen-bond donors (Lipinski definition) is 2. The van der Waals surface area contributed by atoms with Crippen molar-refractivity contribution in [2.24, 2.45) is 0 Å². The van der Waals surface area contributed by atoms with E-state index in [9.17, 15) is 9.18 Å². The SMILES string of the molecule is CNc1ncc(F)cc1C(=O)Nc1cc(C#N)ccc1Cl. The number of benzene rings is 1. The van der Waals surface area contributed by atoms with Gasteiger partial charge in [0.2, 0.25) is 0 Å². The molecule has 0 aliphatic rings. The predicted octanol–water partition coefficient (Wildman–Crippen LogP) is 3.04. The molecule has 1 amide bonds. The molecule has 2 rings (SSSR count). The van der Waals surface area contributed by atoms with Gasteiger partial charge in [0.25, 0.3) is 5.91 Å². The van der Waals surface area contributed by atoms with Crippen LogP contribution in [-0.4, -0.2) is 17.9 Å². The fraction of sp³-hybridized carbons (Fsp3) is 0.0714. The molecule has 0 bridgehead atoms. The molecule has 5 nitrogen and oxygen atoms in total. The topological polar surface area (TPSA) is 77.8 Å². The van der Waals surface area contributed by atoms with Gasteiger partial charge in [-0.3, -0.25) is 4.79 Å². The lowest BCUT2D eigenvalue weighted by atomic mass is 10.2. The zero-order valence-corrected chi connectivity index (χ0v) is 11.7. The van der Waals surface area contributed by atoms with Crippen LogP contribution >= 0.6 is 11.6 Å². The number of hydrogen-bond acceptors (Lipinski definition) is 4. The van der Waals surface area contributed by atoms with Crippen LogP contribution in [0.15, 0.2) is 30.5 Å². The van der Waals surface area contributed by atoms with Crippen molar-refractivity contribution in [1.82, 2.24) is 4.98 Å². The van der Waals surface area contributed by atoms with E-state index in [2.05, 4.69) is 15.6 Å². The molecule has 0 radical (unpaired) electrons. The van der Waals surface area contributed by atoms with E-state index >= 15 is 0 Å². The molecule has 21 heavy (non-hydrogen) atoms. The quantitative estimate of drug-likeness (QED) is 0.913. The molecule has 0 saturated carbocycles. The average molecular weight is 305 g/mol. The molecule has 0 spiro atoms. The average Bonchev–Trinajstić information content (AvgIpc) is 2.49. The third kappa shape index (κ3) is 3.27. The van der Waals surface area contributed by atoms with Crippen molar-refractivity contribution in [3.63, 3.8) is 0 Å². The van der Waals surface area contributed by atoms with Gasteiger partial charge < -0.3 is 10.6 Å². The van der Waals surface area contributed by atoms with E-state index in [-0.39, 0.29) is 22.1 Å². The number of nitrogens with one attached hydrogen (secondary N) is 2. The van der Waals surface area contributed by atoms with E-state index in [0.29, 0.717) is 5.56 Å². The smallest absolute Gasteiger partial charge is 0.259 e. The molecule has 0 unspecified atom stereocenters. The first kappa shape index (κ1) is 14.8. The molecule has 1 heterocycles. The van der Waals surface area contributed by atoms with Gasteiger partial charge in [-0.2, -0.15) is 5.26 Å². The zero-order chi connectivity index (χ0) is 15.4. The normalized spacial score (nSPS) is 9.81. The van der Waals surface area contributed by atoms with Crippen molar-refractivity contribution in [2.75, 3.05) is 17.7 Å². The zero-order valence-electron chi connectivity index (χ0n) is 10.9. The number of nitrogens with zero attached hydrogens (tertiary/aromatic N) is 2. The number of carbonyl (C=O) groups excluding carboxylic acids is 1. The minimum Gasteiger partial charge on any atom is -0.372 e. The fourth-order valence-corrected chi connectivity index (χ4v) is 1.86. The Labute approximate surface area is 125 Å². The van der Waals surface area contributed by atoms with Crippen molar-refractivity contribution in [2.45, 2.75) is 0 Å². The molecular formula is C14H10ClFN4O. The van der Waals surface area contributed by atoms with Gasteiger partial charge in [-0.1, -0.05) is 11.6 Å². The van der Waals surface area contributed by atoms with Gasteiger partial charge in [-0.05, 0) is 24.3 Å². The van der Waals surface area contributed by atoms with Crippen LogP contribution in [0.4, 0.5) is 15.9 Å². The third-order valence-corrected chi connectivity index (χ3v) is 3.01. The molecule has 0 aliphatic heterocycles. The summed E-state index contributed by atoms with van der Waals surface area (Å²) in [5.74, 6) is -0.971. The van der Waals surface area contributed by atoms with Crippen LogP contribution in [0.1, 0.15) is 15.9 Å². The number of carbonyl (C=O) groups is 1. The number of nitriles is 1. The van der Waals surface area contributed by atoms with Gasteiger partial charge in [0.15, 0.2) is 0 Å². The van der Waals surface area contributed by atoms with Gasteiger partial charge in [-0.25, -0.2) is 9.37 Å². The van der Waals surface area contributed by atoms with Crippen LogP contribution in [0.5, 0.6) is 0 Å². The predicted molar refractivity (Wildman–Crippen MR) is 77.9 cm³/mol. The summed E-state index contributed by atoms with van der Waals surface area (Å²) >= 11 is 5.96. The molecule has 7 heteroatoms. The highest BCUT2D eigenvalue weighted by Crippen LogP contribution is 2.24. The van der Waals surface area contributed by atoms with Gasteiger partial charge >= 0.3 is 0 Å². The van der Waals surface area contributed by atoms with E-state index in [1.807, 2.05) is 6.07 Å². The highest BCUT2D eigenvalue weighted by molar-refractivity contribution is 6.34. The van der Waals surface area contributed by atoms with Crippen molar-refractivity contribution in [3.8, 4) is 6.07 Å². The Kier molecular flexibility index (Phi) is 4.36. The molecule has 0 fully saturated rings. The number of anilines is 2. The molecule has 0 aliphatic carbocycles. The molecule has 1 aromatic carbocycles. The largest absolute Gasteiger partial charge is 0.372 e. The highest BCUT2D eigenvalue weighted by atomic mass is 35.5. The van der Waals surface area contributed by atoms with E-state index in [1.165, 1.54) is 18.2 Å². The Hall–Kier alpha value is -2.65. The van der Waals surface area contributed by atoms with Crippen molar-refractivity contribution in [1.29, 1.82) is 5.26 Å². The van der Waals surface area contributed by atoms with E-state index in [0.717, 1.165) is 12.3 Å². The number of halogens is 2. The summed E-state index contributed by atoms with van der Waals surface area (Å²) in [6.45, 7) is 0. The second-order valence-electron chi connectivity index (χ2n) is 4.06. The maximum Gasteiger partial charge on any atom is 0.259 e. The maximum atomic E-state index is 13.2. The molecule has 2 aromatic rings. The maximum absolute atomic E-state index is 13.2. The van der Waals surface area contributed by atoms with Gasteiger partial charge in [0.1, 0.15) is 11.6 Å². The summed E-state index contributed by atoms with van der Waals surface area (Å²) in [6.07, 6.45) is 1.01. The van der Waals surface area contributed by atoms with Crippen molar-refractivity contribution >= 4 is 29.0 Å². The second kappa shape index (κ2) is 6.20. The monoisotopic (exact) mass is 304 g/mol. The second-order valence-corrected chi connectivity index (χ2v) is 4.47.